The molecule has 1 rings (SSSR count). The third-order valence-electron chi connectivity index (χ3n) is 3.40. The van der Waals surface area contributed by atoms with Gasteiger partial charge in [0.05, 0.1) is 0 Å². The van der Waals surface area contributed by atoms with Crippen molar-refractivity contribution in [2.75, 3.05) is 30.9 Å². The van der Waals surface area contributed by atoms with Gasteiger partial charge in [0.25, 0.3) is 0 Å². The normalized spacial score (nSPS) is 24.4. The van der Waals surface area contributed by atoms with E-state index in [2.05, 4.69) is 37.9 Å². The monoisotopic (exact) mass is 308 g/mol. The molecular formula is C13H28N2O2S2. The van der Waals surface area contributed by atoms with Gasteiger partial charge in [-0.05, 0) is 40.7 Å². The van der Waals surface area contributed by atoms with E-state index >= 15 is 0 Å². The predicted molar refractivity (Wildman–Crippen MR) is 84.5 cm³/mol. The molecule has 6 heteroatoms. The van der Waals surface area contributed by atoms with E-state index in [4.69, 9.17) is 0 Å². The fourth-order valence-electron chi connectivity index (χ4n) is 2.29. The Morgan fingerprint density at radius 1 is 1.42 bits per heavy atom. The zero-order chi connectivity index (χ0) is 14.7. The Kier molecular flexibility index (Phi) is 6.17. The Morgan fingerprint density at radius 2 is 2.05 bits per heavy atom. The minimum Gasteiger partial charge on any atom is -0.312 e. The molecule has 2 atom stereocenters. The zero-order valence-electron chi connectivity index (χ0n) is 12.8. The largest absolute Gasteiger partial charge is 0.312 e. The lowest BCUT2D eigenvalue weighted by Gasteiger charge is -2.38. The number of thioether (sulfide) groups is 1. The van der Waals surface area contributed by atoms with Gasteiger partial charge < -0.3 is 5.32 Å². The Bertz CT molecular complexity index is 377. The Balaban J connectivity index is 2.55. The minimum absolute atomic E-state index is 0.119. The predicted octanol–water partition coefficient (Wildman–Crippen LogP) is 1.57. The van der Waals surface area contributed by atoms with Crippen molar-refractivity contribution in [1.82, 2.24) is 10.2 Å². The molecule has 114 valence electrons. The maximum absolute atomic E-state index is 11.9. The second kappa shape index (κ2) is 6.78. The second-order valence-electron chi connectivity index (χ2n) is 6.41. The zero-order valence-corrected chi connectivity index (χ0v) is 14.4. The van der Waals surface area contributed by atoms with Crippen LogP contribution in [-0.2, 0) is 9.84 Å². The smallest absolute Gasteiger partial charge is 0.164 e. The van der Waals surface area contributed by atoms with E-state index in [1.54, 1.807) is 11.8 Å². The minimum atomic E-state index is -2.99. The summed E-state index contributed by atoms with van der Waals surface area (Å²) in [6.07, 6.45) is 2.34. The van der Waals surface area contributed by atoms with Crippen molar-refractivity contribution in [2.24, 2.45) is 0 Å². The highest BCUT2D eigenvalue weighted by Crippen LogP contribution is 2.23. The molecule has 1 fully saturated rings. The fourth-order valence-corrected chi connectivity index (χ4v) is 5.27. The first kappa shape index (κ1) is 17.3. The average Bonchev–Trinajstić information content (AvgIpc) is 2.26. The van der Waals surface area contributed by atoms with Gasteiger partial charge in [0.2, 0.25) is 0 Å². The van der Waals surface area contributed by atoms with Crippen LogP contribution in [0.25, 0.3) is 0 Å². The van der Waals surface area contributed by atoms with Crippen LogP contribution in [0.1, 0.15) is 34.1 Å². The molecule has 0 bridgehead atoms. The van der Waals surface area contributed by atoms with Crippen molar-refractivity contribution < 1.29 is 8.42 Å². The summed E-state index contributed by atoms with van der Waals surface area (Å²) < 4.78 is 23.7. The number of sulfone groups is 1. The van der Waals surface area contributed by atoms with Crippen LogP contribution >= 0.6 is 11.8 Å². The number of nitrogens with zero attached hydrogens (tertiary/aromatic N) is 1. The highest BCUT2D eigenvalue weighted by atomic mass is 32.2. The molecule has 0 aromatic rings. The van der Waals surface area contributed by atoms with Crippen molar-refractivity contribution >= 4 is 21.6 Å². The molecule has 0 spiro atoms. The van der Waals surface area contributed by atoms with Gasteiger partial charge in [0.15, 0.2) is 9.84 Å². The Morgan fingerprint density at radius 3 is 2.58 bits per heavy atom. The van der Waals surface area contributed by atoms with Crippen LogP contribution < -0.4 is 5.32 Å². The molecule has 19 heavy (non-hydrogen) atoms. The highest BCUT2D eigenvalue weighted by Gasteiger charge is 2.33. The van der Waals surface area contributed by atoms with Gasteiger partial charge in [-0.1, -0.05) is 0 Å². The van der Waals surface area contributed by atoms with Crippen LogP contribution in [0.15, 0.2) is 0 Å². The average molecular weight is 309 g/mol. The van der Waals surface area contributed by atoms with Crippen molar-refractivity contribution in [1.29, 1.82) is 0 Å². The molecule has 1 N–H and O–H groups in total. The van der Waals surface area contributed by atoms with Crippen LogP contribution in [0.4, 0.5) is 0 Å². The summed E-state index contributed by atoms with van der Waals surface area (Å²) >= 11 is 1.74. The Labute approximate surface area is 122 Å². The summed E-state index contributed by atoms with van der Waals surface area (Å²) in [7, 11) is -2.99. The number of hydrogen-bond donors (Lipinski definition) is 1. The number of rotatable bonds is 5. The van der Waals surface area contributed by atoms with Gasteiger partial charge >= 0.3 is 0 Å². The molecule has 0 saturated carbocycles. The van der Waals surface area contributed by atoms with Crippen molar-refractivity contribution in [3.05, 3.63) is 0 Å². The summed E-state index contributed by atoms with van der Waals surface area (Å²) in [4.78, 5) is 2.16. The van der Waals surface area contributed by atoms with E-state index in [-0.39, 0.29) is 10.9 Å². The lowest BCUT2D eigenvalue weighted by molar-refractivity contribution is 0.192. The number of hydrogen-bond acceptors (Lipinski definition) is 5. The molecule has 0 aromatic heterocycles. The molecule has 1 aliphatic heterocycles. The van der Waals surface area contributed by atoms with Gasteiger partial charge in [-0.3, -0.25) is 4.90 Å². The van der Waals surface area contributed by atoms with Gasteiger partial charge in [-0.15, -0.1) is 0 Å². The quantitative estimate of drug-likeness (QED) is 0.835. The van der Waals surface area contributed by atoms with E-state index in [9.17, 15) is 8.42 Å². The molecule has 0 aliphatic carbocycles. The SMILES string of the molecule is CC(CCNC(C)(C)C)N1CCSCC1S(C)(=O)=O. The first-order valence-electron chi connectivity index (χ1n) is 6.88. The summed E-state index contributed by atoms with van der Waals surface area (Å²) in [6, 6.07) is 0.301. The molecule has 2 unspecified atom stereocenters. The maximum Gasteiger partial charge on any atom is 0.164 e. The van der Waals surface area contributed by atoms with Crippen LogP contribution in [0.2, 0.25) is 0 Å². The fraction of sp³-hybridized carbons (Fsp3) is 1.00. The maximum atomic E-state index is 11.9. The van der Waals surface area contributed by atoms with Gasteiger partial charge in [-0.2, -0.15) is 11.8 Å². The van der Waals surface area contributed by atoms with Crippen LogP contribution in [0, 0.1) is 0 Å². The van der Waals surface area contributed by atoms with E-state index in [0.717, 1.165) is 25.3 Å². The van der Waals surface area contributed by atoms with Crippen molar-refractivity contribution in [2.45, 2.75) is 51.1 Å². The third kappa shape index (κ3) is 6.02. The van der Waals surface area contributed by atoms with Gasteiger partial charge in [0.1, 0.15) is 5.37 Å². The van der Waals surface area contributed by atoms with Gasteiger partial charge in [0, 0.05) is 35.9 Å². The molecule has 1 aliphatic rings. The van der Waals surface area contributed by atoms with Crippen LogP contribution in [0.3, 0.4) is 0 Å². The van der Waals surface area contributed by atoms with Crippen molar-refractivity contribution in [3.8, 4) is 0 Å². The molecule has 1 saturated heterocycles. The van der Waals surface area contributed by atoms with E-state index in [1.807, 2.05) is 0 Å². The third-order valence-corrected chi connectivity index (χ3v) is 6.06. The van der Waals surface area contributed by atoms with E-state index < -0.39 is 9.84 Å². The molecule has 0 aromatic carbocycles. The number of nitrogens with one attached hydrogen (secondary N) is 1. The topological polar surface area (TPSA) is 49.4 Å². The van der Waals surface area contributed by atoms with Crippen molar-refractivity contribution in [3.63, 3.8) is 0 Å². The molecular weight excluding hydrogens is 280 g/mol. The summed E-state index contributed by atoms with van der Waals surface area (Å²) in [5, 5.41) is 3.15. The summed E-state index contributed by atoms with van der Waals surface area (Å²) in [5.74, 6) is 1.74. The highest BCUT2D eigenvalue weighted by molar-refractivity contribution is 8.00. The lowest BCUT2D eigenvalue weighted by atomic mass is 10.1. The van der Waals surface area contributed by atoms with Crippen LogP contribution in [-0.4, -0.2) is 61.1 Å². The van der Waals surface area contributed by atoms with E-state index in [0.29, 0.717) is 11.8 Å². The van der Waals surface area contributed by atoms with Gasteiger partial charge in [-0.25, -0.2) is 8.42 Å². The molecule has 0 radical (unpaired) electrons. The summed E-state index contributed by atoms with van der Waals surface area (Å²) in [5.41, 5.74) is 0.119. The molecule has 0 amide bonds. The molecule has 1 heterocycles. The standard InChI is InChI=1S/C13H28N2O2S2/c1-11(6-7-14-13(2,3)4)15-8-9-18-10-12(15)19(5,16)17/h11-12,14H,6-10H2,1-5H3. The van der Waals surface area contributed by atoms with Crippen LogP contribution in [0.5, 0.6) is 0 Å². The van der Waals surface area contributed by atoms with E-state index in [1.165, 1.54) is 6.26 Å². The summed E-state index contributed by atoms with van der Waals surface area (Å²) in [6.45, 7) is 10.4. The second-order valence-corrected chi connectivity index (χ2v) is 9.76. The first-order valence-corrected chi connectivity index (χ1v) is 9.99. The first-order chi connectivity index (χ1) is 8.61. The lowest BCUT2D eigenvalue weighted by Crippen LogP contribution is -2.51. The molecule has 4 nitrogen and oxygen atoms in total. The Hall–Kier alpha value is 0.220.